The molecule has 1 aliphatic heterocycles. The zero-order valence-corrected chi connectivity index (χ0v) is 19.1. The van der Waals surface area contributed by atoms with Crippen LogP contribution in [0.2, 0.25) is 0 Å². The molecular weight excluding hydrogens is 422 g/mol. The molecule has 168 valence electrons. The van der Waals surface area contributed by atoms with Crippen LogP contribution in [0.5, 0.6) is 0 Å². The van der Waals surface area contributed by atoms with Crippen LogP contribution in [-0.4, -0.2) is 32.2 Å². The van der Waals surface area contributed by atoms with Gasteiger partial charge in [0, 0.05) is 12.8 Å². The van der Waals surface area contributed by atoms with E-state index in [1.807, 2.05) is 91.0 Å². The van der Waals surface area contributed by atoms with Crippen molar-refractivity contribution in [2.45, 2.75) is 31.1 Å². The van der Waals surface area contributed by atoms with Crippen molar-refractivity contribution in [3.05, 3.63) is 108 Å². The molecule has 1 N–H and O–H groups in total. The molecule has 0 bridgehead atoms. The molecule has 3 aromatic carbocycles. The molecule has 3 aromatic rings. The van der Waals surface area contributed by atoms with Crippen LogP contribution in [0.4, 0.5) is 0 Å². The molecule has 0 spiro atoms. The summed E-state index contributed by atoms with van der Waals surface area (Å²) in [4.78, 5) is 15.2. The first-order valence-electron chi connectivity index (χ1n) is 11.0. The minimum atomic E-state index is -1.33. The molecule has 4 nitrogen and oxygen atoms in total. The smallest absolute Gasteiger partial charge is 0.348 e. The summed E-state index contributed by atoms with van der Waals surface area (Å²) in [5.41, 5.74) is 1.22. The zero-order chi connectivity index (χ0) is 21.5. The number of rotatable bonds is 8. The average Bonchev–Trinajstić information content (AvgIpc) is 3.25. The van der Waals surface area contributed by atoms with Crippen LogP contribution in [0.25, 0.3) is 0 Å². The minimum absolute atomic E-state index is 0. The third-order valence-corrected chi connectivity index (χ3v) is 6.18. The fourth-order valence-corrected chi connectivity index (χ4v) is 4.32. The summed E-state index contributed by atoms with van der Waals surface area (Å²) < 4.78 is 12.5. The predicted molar refractivity (Wildman–Crippen MR) is 121 cm³/mol. The van der Waals surface area contributed by atoms with E-state index in [1.165, 1.54) is 11.3 Å². The monoisotopic (exact) mass is 451 g/mol. The van der Waals surface area contributed by atoms with Crippen LogP contribution in [0.3, 0.4) is 0 Å². The topological polar surface area (TPSA) is 40.0 Å². The third-order valence-electron chi connectivity index (χ3n) is 6.18. The summed E-state index contributed by atoms with van der Waals surface area (Å²) in [5.74, 6) is -0.361. The second-order valence-electron chi connectivity index (χ2n) is 8.22. The molecule has 0 aliphatic carbocycles. The number of hydrogen-bond donors (Lipinski definition) is 1. The molecule has 0 aromatic heterocycles. The molecule has 0 amide bonds. The van der Waals surface area contributed by atoms with Gasteiger partial charge in [-0.3, -0.25) is 0 Å². The number of likely N-dealkylation sites (tertiary alicyclic amines) is 1. The van der Waals surface area contributed by atoms with Gasteiger partial charge >= 0.3 is 5.97 Å². The molecule has 1 saturated heterocycles. The first kappa shape index (κ1) is 24.0. The summed E-state index contributed by atoms with van der Waals surface area (Å²) >= 11 is 0. The number of benzene rings is 3. The van der Waals surface area contributed by atoms with Crippen molar-refractivity contribution < 1.29 is 31.6 Å². The molecule has 32 heavy (non-hydrogen) atoms. The van der Waals surface area contributed by atoms with Gasteiger partial charge in [0.2, 0.25) is 5.60 Å². The van der Waals surface area contributed by atoms with Gasteiger partial charge in [-0.05, 0) is 16.7 Å². The van der Waals surface area contributed by atoms with Gasteiger partial charge in [0.1, 0.15) is 12.6 Å². The molecular formula is C27H30ClNO3. The number of nitrogens with one attached hydrogen (secondary N) is 1. The lowest BCUT2D eigenvalue weighted by Gasteiger charge is -2.33. The van der Waals surface area contributed by atoms with Gasteiger partial charge < -0.3 is 26.8 Å². The summed E-state index contributed by atoms with van der Waals surface area (Å²) in [6, 6.07) is 29.6. The first-order chi connectivity index (χ1) is 15.2. The minimum Gasteiger partial charge on any atom is -1.00 e. The highest BCUT2D eigenvalue weighted by atomic mass is 35.5. The van der Waals surface area contributed by atoms with Crippen LogP contribution in [-0.2, 0) is 26.5 Å². The Labute approximate surface area is 196 Å². The van der Waals surface area contributed by atoms with Crippen molar-refractivity contribution in [3.8, 4) is 0 Å². The van der Waals surface area contributed by atoms with Gasteiger partial charge in [-0.25, -0.2) is 4.79 Å². The zero-order valence-electron chi connectivity index (χ0n) is 18.4. The fourth-order valence-electron chi connectivity index (χ4n) is 4.32. The highest BCUT2D eigenvalue weighted by Crippen LogP contribution is 2.36. The van der Waals surface area contributed by atoms with E-state index in [0.29, 0.717) is 19.3 Å². The number of halogens is 1. The summed E-state index contributed by atoms with van der Waals surface area (Å²) in [6.07, 6.45) is 2.24. The van der Waals surface area contributed by atoms with Crippen LogP contribution < -0.4 is 17.3 Å². The molecule has 1 heterocycles. The van der Waals surface area contributed by atoms with Crippen molar-refractivity contribution in [3.63, 3.8) is 0 Å². The Kier molecular flexibility index (Phi) is 8.46. The van der Waals surface area contributed by atoms with Crippen molar-refractivity contribution in [2.24, 2.45) is 0 Å². The molecule has 0 radical (unpaired) electrons. The van der Waals surface area contributed by atoms with Crippen molar-refractivity contribution in [1.29, 1.82) is 0 Å². The number of likely N-dealkylation sites (N-methyl/N-ethyl adjacent to an activating group) is 1. The average molecular weight is 452 g/mol. The summed E-state index contributed by atoms with van der Waals surface area (Å²) in [6.45, 7) is 1.82. The number of esters is 1. The Morgan fingerprint density at radius 1 is 0.906 bits per heavy atom. The summed E-state index contributed by atoms with van der Waals surface area (Å²) in [7, 11) is 2.17. The number of hydrogen-bond acceptors (Lipinski definition) is 3. The molecule has 1 fully saturated rings. The molecule has 2 unspecified atom stereocenters. The molecule has 2 atom stereocenters. The first-order valence-corrected chi connectivity index (χ1v) is 11.0. The highest BCUT2D eigenvalue weighted by Gasteiger charge is 2.45. The number of ether oxygens (including phenoxy) is 2. The second-order valence-corrected chi connectivity index (χ2v) is 8.22. The lowest BCUT2D eigenvalue weighted by atomic mass is 9.86. The van der Waals surface area contributed by atoms with E-state index < -0.39 is 5.60 Å². The molecule has 0 saturated carbocycles. The van der Waals surface area contributed by atoms with E-state index in [9.17, 15) is 4.79 Å². The molecule has 4 rings (SSSR count). The normalized spacial score (nSPS) is 18.0. The quantitative estimate of drug-likeness (QED) is 0.503. The van der Waals surface area contributed by atoms with E-state index in [0.717, 1.165) is 29.7 Å². The van der Waals surface area contributed by atoms with Gasteiger partial charge in [-0.2, -0.15) is 0 Å². The third kappa shape index (κ3) is 5.21. The van der Waals surface area contributed by atoms with E-state index in [-0.39, 0.29) is 18.4 Å². The Balaban J connectivity index is 0.00000289. The van der Waals surface area contributed by atoms with Gasteiger partial charge in [0.15, 0.2) is 0 Å². The molecule has 5 heteroatoms. The van der Waals surface area contributed by atoms with Crippen molar-refractivity contribution in [1.82, 2.24) is 0 Å². The molecule has 1 aliphatic rings. The summed E-state index contributed by atoms with van der Waals surface area (Å²) in [5, 5.41) is 0. The van der Waals surface area contributed by atoms with Crippen LogP contribution in [0.1, 0.15) is 29.5 Å². The van der Waals surface area contributed by atoms with E-state index in [2.05, 4.69) is 7.05 Å². The maximum atomic E-state index is 13.8. The van der Waals surface area contributed by atoms with Gasteiger partial charge in [0.05, 0.1) is 20.2 Å². The van der Waals surface area contributed by atoms with E-state index in [4.69, 9.17) is 9.47 Å². The lowest BCUT2D eigenvalue weighted by Crippen LogP contribution is -3.11. The number of carbonyl (C=O) groups is 1. The van der Waals surface area contributed by atoms with Gasteiger partial charge in [0.25, 0.3) is 0 Å². The van der Waals surface area contributed by atoms with E-state index >= 15 is 0 Å². The van der Waals surface area contributed by atoms with Crippen LogP contribution >= 0.6 is 0 Å². The van der Waals surface area contributed by atoms with Crippen LogP contribution in [0, 0.1) is 0 Å². The standard InChI is InChI=1S/C27H29NO3.ClH/c1-28-19-11-18-25(28)21-30-26(29)27(23-14-7-3-8-15-23,24-16-9-4-10-17-24)31-20-22-12-5-2-6-13-22;/h2-10,12-17,25H,11,18-21H2,1H3;1H. The van der Waals surface area contributed by atoms with Crippen LogP contribution in [0.15, 0.2) is 91.0 Å². The lowest BCUT2D eigenvalue weighted by molar-refractivity contribution is -0.892. The Hall–Kier alpha value is -2.66. The fraction of sp³-hybridized carbons (Fsp3) is 0.296. The van der Waals surface area contributed by atoms with E-state index in [1.54, 1.807) is 0 Å². The van der Waals surface area contributed by atoms with Gasteiger partial charge in [-0.1, -0.05) is 91.0 Å². The highest BCUT2D eigenvalue weighted by molar-refractivity contribution is 5.86. The van der Waals surface area contributed by atoms with Gasteiger partial charge in [-0.15, -0.1) is 0 Å². The van der Waals surface area contributed by atoms with Crippen molar-refractivity contribution >= 4 is 5.97 Å². The SMILES string of the molecule is C[NH+]1CCCC1COC(=O)C(OCc1ccccc1)(c1ccccc1)c1ccccc1.[Cl-]. The largest absolute Gasteiger partial charge is 1.00 e. The Bertz CT molecular complexity index is 926. The number of carbonyl (C=O) groups excluding carboxylic acids is 1. The predicted octanol–water partition coefficient (Wildman–Crippen LogP) is 0.371. The number of quaternary nitrogens is 1. The maximum absolute atomic E-state index is 13.8. The maximum Gasteiger partial charge on any atom is 0.348 e. The second kappa shape index (κ2) is 11.3. The van der Waals surface area contributed by atoms with Crippen molar-refractivity contribution in [2.75, 3.05) is 20.2 Å². The Morgan fingerprint density at radius 3 is 1.94 bits per heavy atom. The Morgan fingerprint density at radius 2 is 1.44 bits per heavy atom.